The topological polar surface area (TPSA) is 60.7 Å². The minimum Gasteiger partial charge on any atom is -0.393 e. The van der Waals surface area contributed by atoms with Crippen LogP contribution in [-0.2, 0) is 5.60 Å². The molecule has 1 atom stereocenters. The van der Waals surface area contributed by atoms with E-state index in [1.54, 1.807) is 38.1 Å². The summed E-state index contributed by atoms with van der Waals surface area (Å²) in [4.78, 5) is 0. The fourth-order valence-electron chi connectivity index (χ4n) is 1.23. The van der Waals surface area contributed by atoms with Crippen LogP contribution in [0.5, 0.6) is 0 Å². The highest BCUT2D eigenvalue weighted by atomic mass is 16.3. The lowest BCUT2D eigenvalue weighted by molar-refractivity contribution is 0.0766. The first-order valence-electron chi connectivity index (χ1n) is 4.57. The third-order valence-corrected chi connectivity index (χ3v) is 2.15. The molecule has 1 rings (SSSR count). The Morgan fingerprint density at radius 3 is 2.50 bits per heavy atom. The Balaban J connectivity index is 3.01. The number of hydrogen-bond donors (Lipinski definition) is 3. The first-order valence-corrected chi connectivity index (χ1v) is 4.57. The van der Waals surface area contributed by atoms with Crippen molar-refractivity contribution in [2.75, 3.05) is 6.61 Å². The predicted molar refractivity (Wildman–Crippen MR) is 53.7 cm³/mol. The van der Waals surface area contributed by atoms with Crippen molar-refractivity contribution in [1.29, 1.82) is 0 Å². The Morgan fingerprint density at radius 1 is 1.36 bits per heavy atom. The molecule has 0 amide bonds. The van der Waals surface area contributed by atoms with Crippen molar-refractivity contribution >= 4 is 0 Å². The molecule has 3 N–H and O–H groups in total. The molecule has 1 unspecified atom stereocenters. The molecular weight excluding hydrogens is 180 g/mol. The van der Waals surface area contributed by atoms with Gasteiger partial charge in [-0.15, -0.1) is 0 Å². The number of aliphatic hydroxyl groups excluding tert-OH is 2. The van der Waals surface area contributed by atoms with Gasteiger partial charge in [0, 0.05) is 0 Å². The lowest BCUT2D eigenvalue weighted by Crippen LogP contribution is -2.16. The smallest absolute Gasteiger partial charge is 0.102 e. The second-order valence-corrected chi connectivity index (χ2v) is 3.88. The molecule has 0 bridgehead atoms. The zero-order valence-corrected chi connectivity index (χ0v) is 8.44. The summed E-state index contributed by atoms with van der Waals surface area (Å²) in [6.45, 7) is 3.05. The van der Waals surface area contributed by atoms with Crippen LogP contribution in [0, 0.1) is 0 Å². The molecular formula is C11H16O3. The summed E-state index contributed by atoms with van der Waals surface area (Å²) in [6, 6.07) is 6.95. The first kappa shape index (κ1) is 11.2. The highest BCUT2D eigenvalue weighted by Gasteiger charge is 2.17. The van der Waals surface area contributed by atoms with Crippen LogP contribution in [0.4, 0.5) is 0 Å². The third-order valence-electron chi connectivity index (χ3n) is 2.15. The van der Waals surface area contributed by atoms with Crippen LogP contribution in [0.2, 0.25) is 0 Å². The van der Waals surface area contributed by atoms with E-state index in [9.17, 15) is 10.2 Å². The molecule has 0 heterocycles. The van der Waals surface area contributed by atoms with E-state index < -0.39 is 11.7 Å². The fraction of sp³-hybridized carbons (Fsp3) is 0.455. The highest BCUT2D eigenvalue weighted by molar-refractivity contribution is 5.28. The molecule has 0 aliphatic carbocycles. The molecule has 14 heavy (non-hydrogen) atoms. The van der Waals surface area contributed by atoms with Crippen LogP contribution >= 0.6 is 0 Å². The van der Waals surface area contributed by atoms with E-state index in [0.717, 1.165) is 5.56 Å². The van der Waals surface area contributed by atoms with Gasteiger partial charge >= 0.3 is 0 Å². The van der Waals surface area contributed by atoms with E-state index in [0.29, 0.717) is 5.56 Å². The molecule has 78 valence electrons. The molecule has 0 saturated carbocycles. The van der Waals surface area contributed by atoms with Gasteiger partial charge in [0.25, 0.3) is 0 Å². The molecule has 3 heteroatoms. The van der Waals surface area contributed by atoms with Gasteiger partial charge in [0.15, 0.2) is 0 Å². The molecule has 1 aromatic rings. The van der Waals surface area contributed by atoms with Gasteiger partial charge in [-0.1, -0.05) is 24.3 Å². The summed E-state index contributed by atoms with van der Waals surface area (Å²) in [7, 11) is 0. The van der Waals surface area contributed by atoms with Crippen LogP contribution < -0.4 is 0 Å². The second-order valence-electron chi connectivity index (χ2n) is 3.88. The van der Waals surface area contributed by atoms with Gasteiger partial charge in [-0.25, -0.2) is 0 Å². The Kier molecular flexibility index (Phi) is 3.26. The van der Waals surface area contributed by atoms with Crippen LogP contribution in [0.25, 0.3) is 0 Å². The summed E-state index contributed by atoms with van der Waals surface area (Å²) in [5.74, 6) is 0. The predicted octanol–water partition coefficient (Wildman–Crippen LogP) is 0.940. The van der Waals surface area contributed by atoms with Gasteiger partial charge in [-0.2, -0.15) is 0 Å². The zero-order chi connectivity index (χ0) is 10.8. The average Bonchev–Trinajstić information content (AvgIpc) is 2.15. The molecule has 1 aromatic carbocycles. The number of hydrogen-bond acceptors (Lipinski definition) is 3. The van der Waals surface area contributed by atoms with Crippen molar-refractivity contribution in [3.8, 4) is 0 Å². The van der Waals surface area contributed by atoms with Crippen molar-refractivity contribution in [2.45, 2.75) is 25.6 Å². The van der Waals surface area contributed by atoms with E-state index in [4.69, 9.17) is 5.11 Å². The number of rotatable bonds is 3. The van der Waals surface area contributed by atoms with Crippen LogP contribution in [0.1, 0.15) is 31.1 Å². The monoisotopic (exact) mass is 196 g/mol. The van der Waals surface area contributed by atoms with Crippen molar-refractivity contribution in [1.82, 2.24) is 0 Å². The maximum absolute atomic E-state index is 9.72. The van der Waals surface area contributed by atoms with Crippen LogP contribution in [-0.4, -0.2) is 21.9 Å². The average molecular weight is 196 g/mol. The van der Waals surface area contributed by atoms with Crippen molar-refractivity contribution in [2.24, 2.45) is 0 Å². The molecule has 0 saturated heterocycles. The van der Waals surface area contributed by atoms with Crippen molar-refractivity contribution < 1.29 is 15.3 Å². The molecule has 0 aliphatic rings. The Bertz CT molecular complexity index is 302. The fourth-order valence-corrected chi connectivity index (χ4v) is 1.23. The number of aliphatic hydroxyl groups is 3. The minimum atomic E-state index is -0.925. The minimum absolute atomic E-state index is 0.310. The lowest BCUT2D eigenvalue weighted by atomic mass is 9.95. The van der Waals surface area contributed by atoms with Gasteiger partial charge < -0.3 is 15.3 Å². The summed E-state index contributed by atoms with van der Waals surface area (Å²) in [6.07, 6.45) is -0.878. The maximum Gasteiger partial charge on any atom is 0.102 e. The summed E-state index contributed by atoms with van der Waals surface area (Å²) < 4.78 is 0. The van der Waals surface area contributed by atoms with Crippen molar-refractivity contribution in [3.63, 3.8) is 0 Å². The van der Waals surface area contributed by atoms with E-state index in [1.807, 2.05) is 0 Å². The summed E-state index contributed by atoms with van der Waals surface area (Å²) in [5, 5.41) is 27.9. The summed E-state index contributed by atoms with van der Waals surface area (Å²) in [5.41, 5.74) is 0.417. The van der Waals surface area contributed by atoms with Gasteiger partial charge in [0.1, 0.15) is 6.10 Å². The van der Waals surface area contributed by atoms with Gasteiger partial charge in [-0.3, -0.25) is 0 Å². The molecule has 0 spiro atoms. The van der Waals surface area contributed by atoms with Crippen LogP contribution in [0.3, 0.4) is 0 Å². The normalized spacial score (nSPS) is 14.1. The molecule has 0 aromatic heterocycles. The van der Waals surface area contributed by atoms with Crippen molar-refractivity contribution in [3.05, 3.63) is 35.4 Å². The molecule has 0 fully saturated rings. The van der Waals surface area contributed by atoms with Gasteiger partial charge in [0.05, 0.1) is 12.2 Å². The molecule has 0 radical (unpaired) electrons. The Labute approximate surface area is 83.6 Å². The van der Waals surface area contributed by atoms with E-state index in [-0.39, 0.29) is 6.61 Å². The quantitative estimate of drug-likeness (QED) is 0.674. The van der Waals surface area contributed by atoms with Crippen LogP contribution in [0.15, 0.2) is 24.3 Å². The summed E-state index contributed by atoms with van der Waals surface area (Å²) >= 11 is 0. The largest absolute Gasteiger partial charge is 0.393 e. The SMILES string of the molecule is CC(C)(O)c1cccc(C(O)CO)c1. The standard InChI is InChI=1S/C11H16O3/c1-11(2,14)9-5-3-4-8(6-9)10(13)7-12/h3-6,10,12-14H,7H2,1-2H3. The van der Waals surface area contributed by atoms with E-state index in [1.165, 1.54) is 0 Å². The Hall–Kier alpha value is -0.900. The molecule has 3 nitrogen and oxygen atoms in total. The lowest BCUT2D eigenvalue weighted by Gasteiger charge is -2.19. The highest BCUT2D eigenvalue weighted by Crippen LogP contribution is 2.22. The third kappa shape index (κ3) is 2.54. The number of benzene rings is 1. The van der Waals surface area contributed by atoms with E-state index in [2.05, 4.69) is 0 Å². The van der Waals surface area contributed by atoms with Gasteiger partial charge in [0.2, 0.25) is 0 Å². The van der Waals surface area contributed by atoms with Gasteiger partial charge in [-0.05, 0) is 25.0 Å². The second kappa shape index (κ2) is 4.09. The first-order chi connectivity index (χ1) is 6.45. The molecule has 0 aliphatic heterocycles. The maximum atomic E-state index is 9.72. The Morgan fingerprint density at radius 2 is 2.00 bits per heavy atom. The zero-order valence-electron chi connectivity index (χ0n) is 8.44. The van der Waals surface area contributed by atoms with E-state index >= 15 is 0 Å².